The quantitative estimate of drug-likeness (QED) is 0.184. The molecule has 0 bridgehead atoms. The van der Waals surface area contributed by atoms with Crippen LogP contribution in [-0.2, 0) is 16.1 Å². The maximum atomic E-state index is 12.8. The Morgan fingerprint density at radius 1 is 1.25 bits per heavy atom. The van der Waals surface area contributed by atoms with Crippen LogP contribution in [-0.4, -0.2) is 33.5 Å². The number of esters is 1. The Kier molecular flexibility index (Phi) is 7.16. The number of hydrogen-bond donors (Lipinski definition) is 0. The van der Waals surface area contributed by atoms with E-state index >= 15 is 0 Å². The van der Waals surface area contributed by atoms with Crippen molar-refractivity contribution in [3.8, 4) is 11.5 Å². The van der Waals surface area contributed by atoms with E-state index in [0.29, 0.717) is 22.3 Å². The predicted molar refractivity (Wildman–Crippen MR) is 119 cm³/mol. The first-order chi connectivity index (χ1) is 15.2. The minimum absolute atomic E-state index is 0.00726. The van der Waals surface area contributed by atoms with Gasteiger partial charge in [-0.1, -0.05) is 29.8 Å². The molecule has 1 fully saturated rings. The first-order valence-corrected chi connectivity index (χ1v) is 10.5. The number of rotatable bonds is 7. The summed E-state index contributed by atoms with van der Waals surface area (Å²) in [6.45, 7) is 2.82. The largest absolute Gasteiger partial charge is 0.485 e. The number of nitro groups is 1. The minimum Gasteiger partial charge on any atom is -0.485 e. The van der Waals surface area contributed by atoms with Crippen molar-refractivity contribution < 1.29 is 28.8 Å². The highest BCUT2D eigenvalue weighted by Gasteiger charge is 2.36. The Labute approximate surface area is 192 Å². The molecule has 0 unspecified atom stereocenters. The number of carbonyl (C=O) groups excluding carboxylic acids is 3. The SMILES string of the molecule is CCOc1c(OC(C)=O)ccc(/C=C2\SC(=O)N(Cc3ccccc3Cl)C2=O)c1[N+](=O)[O-]. The van der Waals surface area contributed by atoms with Crippen LogP contribution in [0.3, 0.4) is 0 Å². The molecular weight excluding hydrogens is 460 g/mol. The summed E-state index contributed by atoms with van der Waals surface area (Å²) in [5.41, 5.74) is 0.133. The second-order valence-electron chi connectivity index (χ2n) is 6.47. The lowest BCUT2D eigenvalue weighted by atomic mass is 10.1. The first-order valence-electron chi connectivity index (χ1n) is 9.34. The van der Waals surface area contributed by atoms with Crippen LogP contribution in [0, 0.1) is 10.1 Å². The number of thioether (sulfide) groups is 1. The summed E-state index contributed by atoms with van der Waals surface area (Å²) in [5.74, 6) is -1.63. The molecule has 9 nitrogen and oxygen atoms in total. The molecule has 0 aliphatic carbocycles. The van der Waals surface area contributed by atoms with Crippen molar-refractivity contribution in [2.24, 2.45) is 0 Å². The number of ether oxygens (including phenoxy) is 2. The molecule has 2 aromatic carbocycles. The first kappa shape index (κ1) is 23.3. The molecule has 0 atom stereocenters. The molecule has 11 heteroatoms. The van der Waals surface area contributed by atoms with Crippen molar-refractivity contribution in [3.63, 3.8) is 0 Å². The summed E-state index contributed by atoms with van der Waals surface area (Å²) < 4.78 is 10.4. The molecular formula is C21H17ClN2O7S. The Morgan fingerprint density at radius 2 is 1.97 bits per heavy atom. The van der Waals surface area contributed by atoms with Gasteiger partial charge in [-0.2, -0.15) is 0 Å². The number of imide groups is 1. The van der Waals surface area contributed by atoms with E-state index in [0.717, 1.165) is 11.8 Å². The van der Waals surface area contributed by atoms with Gasteiger partial charge in [0.25, 0.3) is 11.1 Å². The molecule has 0 saturated carbocycles. The van der Waals surface area contributed by atoms with Crippen LogP contribution in [0.15, 0.2) is 41.3 Å². The van der Waals surface area contributed by atoms with Gasteiger partial charge in [-0.25, -0.2) is 0 Å². The summed E-state index contributed by atoms with van der Waals surface area (Å²) >= 11 is 6.79. The number of benzene rings is 2. The summed E-state index contributed by atoms with van der Waals surface area (Å²) in [7, 11) is 0. The molecule has 0 N–H and O–H groups in total. The molecule has 166 valence electrons. The van der Waals surface area contributed by atoms with Gasteiger partial charge < -0.3 is 9.47 Å². The zero-order valence-corrected chi connectivity index (χ0v) is 18.6. The van der Waals surface area contributed by atoms with E-state index in [1.807, 2.05) is 0 Å². The van der Waals surface area contributed by atoms with Gasteiger partial charge in [0.05, 0.1) is 28.5 Å². The molecule has 1 aliphatic rings. The molecule has 2 aromatic rings. The maximum absolute atomic E-state index is 12.8. The summed E-state index contributed by atoms with van der Waals surface area (Å²) in [5, 5.41) is 11.7. The van der Waals surface area contributed by atoms with Crippen LogP contribution >= 0.6 is 23.4 Å². The fourth-order valence-electron chi connectivity index (χ4n) is 2.97. The van der Waals surface area contributed by atoms with E-state index in [1.165, 1.54) is 18.2 Å². The van der Waals surface area contributed by atoms with Crippen molar-refractivity contribution in [1.29, 1.82) is 0 Å². The third-order valence-electron chi connectivity index (χ3n) is 4.30. The van der Waals surface area contributed by atoms with Crippen LogP contribution < -0.4 is 9.47 Å². The molecule has 0 radical (unpaired) electrons. The third-order valence-corrected chi connectivity index (χ3v) is 5.57. The molecule has 3 rings (SSSR count). The van der Waals surface area contributed by atoms with Gasteiger partial charge in [-0.3, -0.25) is 29.4 Å². The normalized spacial score (nSPS) is 14.7. The number of halogens is 1. The Morgan fingerprint density at radius 3 is 2.59 bits per heavy atom. The smallest absolute Gasteiger partial charge is 0.322 e. The van der Waals surface area contributed by atoms with Crippen molar-refractivity contribution >= 4 is 52.2 Å². The Balaban J connectivity index is 2.00. The summed E-state index contributed by atoms with van der Waals surface area (Å²) in [6.07, 6.45) is 1.25. The molecule has 0 aromatic heterocycles. The number of carbonyl (C=O) groups is 3. The van der Waals surface area contributed by atoms with Gasteiger partial charge in [0, 0.05) is 11.9 Å². The second kappa shape index (κ2) is 9.84. The zero-order chi connectivity index (χ0) is 23.4. The van der Waals surface area contributed by atoms with E-state index in [9.17, 15) is 24.5 Å². The standard InChI is InChI=1S/C21H17ClN2O7S/c1-3-30-19-16(31-12(2)25)9-8-13(18(19)24(28)29)10-17-20(26)23(21(27)32-17)11-14-6-4-5-7-15(14)22/h4-10H,3,11H2,1-2H3/b17-10-. The topological polar surface area (TPSA) is 116 Å². The van der Waals surface area contributed by atoms with E-state index in [2.05, 4.69) is 0 Å². The van der Waals surface area contributed by atoms with Gasteiger partial charge in [-0.05, 0) is 48.5 Å². The van der Waals surface area contributed by atoms with Crippen LogP contribution in [0.25, 0.3) is 6.08 Å². The molecule has 1 saturated heterocycles. The highest BCUT2D eigenvalue weighted by molar-refractivity contribution is 8.18. The number of amides is 2. The molecule has 0 spiro atoms. The molecule has 1 heterocycles. The van der Waals surface area contributed by atoms with E-state index < -0.39 is 27.7 Å². The number of nitrogens with zero attached hydrogens (tertiary/aromatic N) is 2. The summed E-state index contributed by atoms with van der Waals surface area (Å²) in [4.78, 5) is 48.7. The third kappa shape index (κ3) is 4.92. The average Bonchev–Trinajstić information content (AvgIpc) is 2.98. The Hall–Kier alpha value is -3.37. The van der Waals surface area contributed by atoms with Crippen LogP contribution in [0.4, 0.5) is 10.5 Å². The monoisotopic (exact) mass is 476 g/mol. The van der Waals surface area contributed by atoms with Crippen molar-refractivity contribution in [1.82, 2.24) is 4.90 Å². The van der Waals surface area contributed by atoms with Gasteiger partial charge >= 0.3 is 11.7 Å². The van der Waals surface area contributed by atoms with Gasteiger partial charge in [0.2, 0.25) is 5.75 Å². The van der Waals surface area contributed by atoms with Gasteiger partial charge in [0.1, 0.15) is 0 Å². The molecule has 32 heavy (non-hydrogen) atoms. The second-order valence-corrected chi connectivity index (χ2v) is 7.87. The Bertz CT molecular complexity index is 1150. The highest BCUT2D eigenvalue weighted by atomic mass is 35.5. The highest BCUT2D eigenvalue weighted by Crippen LogP contribution is 2.42. The minimum atomic E-state index is -0.697. The summed E-state index contributed by atoms with van der Waals surface area (Å²) in [6, 6.07) is 9.46. The van der Waals surface area contributed by atoms with Crippen molar-refractivity contribution in [3.05, 3.63) is 67.6 Å². The van der Waals surface area contributed by atoms with Gasteiger partial charge in [-0.15, -0.1) is 0 Å². The zero-order valence-electron chi connectivity index (χ0n) is 17.0. The maximum Gasteiger partial charge on any atom is 0.322 e. The lowest BCUT2D eigenvalue weighted by molar-refractivity contribution is -0.386. The van der Waals surface area contributed by atoms with Crippen molar-refractivity contribution in [2.75, 3.05) is 6.61 Å². The van der Waals surface area contributed by atoms with E-state index in [4.69, 9.17) is 21.1 Å². The van der Waals surface area contributed by atoms with Gasteiger partial charge in [0.15, 0.2) is 5.75 Å². The average molecular weight is 477 g/mol. The van der Waals surface area contributed by atoms with Crippen LogP contribution in [0.2, 0.25) is 5.02 Å². The van der Waals surface area contributed by atoms with Crippen molar-refractivity contribution in [2.45, 2.75) is 20.4 Å². The fourth-order valence-corrected chi connectivity index (χ4v) is 3.99. The fraction of sp³-hybridized carbons (Fsp3) is 0.190. The van der Waals surface area contributed by atoms with E-state index in [1.54, 1.807) is 31.2 Å². The predicted octanol–water partition coefficient (Wildman–Crippen LogP) is 4.81. The lowest BCUT2D eigenvalue weighted by Crippen LogP contribution is -2.27. The van der Waals surface area contributed by atoms with Crippen LogP contribution in [0.5, 0.6) is 11.5 Å². The lowest BCUT2D eigenvalue weighted by Gasteiger charge is -2.13. The van der Waals surface area contributed by atoms with Crippen LogP contribution in [0.1, 0.15) is 25.0 Å². The molecule has 2 amide bonds. The molecule has 1 aliphatic heterocycles. The van der Waals surface area contributed by atoms with E-state index in [-0.39, 0.29) is 35.1 Å². The number of hydrogen-bond acceptors (Lipinski definition) is 8. The number of nitro benzene ring substituents is 1.